The fraction of sp³-hybridized carbons (Fsp3) is 0.0833. The predicted octanol–water partition coefficient (Wildman–Crippen LogP) is 7.03. The minimum absolute atomic E-state index is 0.103. The minimum Gasteiger partial charge on any atom is -0.472 e. The standard InChI is InChI=1S/C24H15Cl3F2N2O3S/c1-35(32,33)24-30-22(17-8-7-16(26)11-18(17)27)21(14-3-5-15(25)6-4-14)23(31-24)34-12-13-2-9-19(28)20(29)10-13/h2-11H,12H2,1H3. The van der Waals surface area contributed by atoms with Gasteiger partial charge < -0.3 is 4.74 Å². The van der Waals surface area contributed by atoms with Crippen LogP contribution in [0.25, 0.3) is 22.4 Å². The number of nitrogens with zero attached hydrogens (tertiary/aromatic N) is 2. The van der Waals surface area contributed by atoms with E-state index in [1.54, 1.807) is 36.4 Å². The van der Waals surface area contributed by atoms with Crippen molar-refractivity contribution in [1.29, 1.82) is 0 Å². The maximum absolute atomic E-state index is 13.7. The molecule has 3 aromatic carbocycles. The summed E-state index contributed by atoms with van der Waals surface area (Å²) in [6.07, 6.45) is 0.955. The molecule has 0 aliphatic carbocycles. The Bertz CT molecular complexity index is 1530. The average Bonchev–Trinajstić information content (AvgIpc) is 2.79. The van der Waals surface area contributed by atoms with Gasteiger partial charge in [-0.2, -0.15) is 4.98 Å². The van der Waals surface area contributed by atoms with Gasteiger partial charge in [-0.3, -0.25) is 0 Å². The van der Waals surface area contributed by atoms with E-state index in [0.29, 0.717) is 32.3 Å². The van der Waals surface area contributed by atoms with E-state index in [1.165, 1.54) is 12.1 Å². The average molecular weight is 556 g/mol. The summed E-state index contributed by atoms with van der Waals surface area (Å²) in [5.41, 5.74) is 1.73. The Labute approximate surface area is 215 Å². The van der Waals surface area contributed by atoms with Crippen LogP contribution in [0.4, 0.5) is 8.78 Å². The molecule has 0 saturated carbocycles. The van der Waals surface area contributed by atoms with Crippen LogP contribution in [0.5, 0.6) is 5.88 Å². The second kappa shape index (κ2) is 10.1. The highest BCUT2D eigenvalue weighted by molar-refractivity contribution is 7.90. The number of benzene rings is 3. The first-order valence-corrected chi connectivity index (χ1v) is 13.0. The molecule has 180 valence electrons. The van der Waals surface area contributed by atoms with Crippen LogP contribution in [0.15, 0.2) is 65.8 Å². The van der Waals surface area contributed by atoms with Gasteiger partial charge in [0.1, 0.15) is 6.61 Å². The van der Waals surface area contributed by atoms with Gasteiger partial charge in [0, 0.05) is 21.9 Å². The summed E-state index contributed by atoms with van der Waals surface area (Å²) in [4.78, 5) is 8.44. The quantitative estimate of drug-likeness (QED) is 0.239. The molecule has 0 radical (unpaired) electrons. The van der Waals surface area contributed by atoms with Crippen LogP contribution in [0.3, 0.4) is 0 Å². The first kappa shape index (κ1) is 25.3. The third kappa shape index (κ3) is 5.73. The van der Waals surface area contributed by atoms with E-state index in [2.05, 4.69) is 9.97 Å². The molecule has 5 nitrogen and oxygen atoms in total. The SMILES string of the molecule is CS(=O)(=O)c1nc(OCc2ccc(F)c(F)c2)c(-c2ccc(Cl)cc2)c(-c2ccc(Cl)cc2Cl)n1. The van der Waals surface area contributed by atoms with Crippen molar-refractivity contribution in [3.63, 3.8) is 0 Å². The van der Waals surface area contributed by atoms with E-state index in [0.717, 1.165) is 18.4 Å². The molecule has 1 heterocycles. The Morgan fingerprint density at radius 3 is 2.17 bits per heavy atom. The molecule has 11 heteroatoms. The maximum atomic E-state index is 13.7. The van der Waals surface area contributed by atoms with Crippen molar-refractivity contribution in [3.05, 3.63) is 92.9 Å². The van der Waals surface area contributed by atoms with E-state index in [1.807, 2.05) is 0 Å². The van der Waals surface area contributed by atoms with Crippen molar-refractivity contribution in [2.75, 3.05) is 6.26 Å². The van der Waals surface area contributed by atoms with Crippen molar-refractivity contribution >= 4 is 44.6 Å². The number of hydrogen-bond donors (Lipinski definition) is 0. The van der Waals surface area contributed by atoms with Gasteiger partial charge in [0.05, 0.1) is 16.3 Å². The number of ether oxygens (including phenoxy) is 1. The summed E-state index contributed by atoms with van der Waals surface area (Å²) in [5, 5.41) is 0.561. The van der Waals surface area contributed by atoms with Gasteiger partial charge in [-0.1, -0.05) is 53.0 Å². The zero-order valence-corrected chi connectivity index (χ0v) is 21.0. The summed E-state index contributed by atoms with van der Waals surface area (Å²) in [6, 6.07) is 14.6. The predicted molar refractivity (Wildman–Crippen MR) is 132 cm³/mol. The molecule has 0 aliphatic rings. The number of hydrogen-bond acceptors (Lipinski definition) is 5. The van der Waals surface area contributed by atoms with Crippen LogP contribution in [0.1, 0.15) is 5.56 Å². The fourth-order valence-electron chi connectivity index (χ4n) is 3.23. The number of sulfone groups is 1. The van der Waals surface area contributed by atoms with Crippen LogP contribution in [-0.2, 0) is 16.4 Å². The highest BCUT2D eigenvalue weighted by atomic mass is 35.5. The van der Waals surface area contributed by atoms with Crippen molar-refractivity contribution in [1.82, 2.24) is 9.97 Å². The molecule has 0 saturated heterocycles. The minimum atomic E-state index is -3.88. The number of halogens is 5. The lowest BCUT2D eigenvalue weighted by atomic mass is 10.00. The Hall–Kier alpha value is -2.78. The van der Waals surface area contributed by atoms with Crippen LogP contribution >= 0.6 is 34.8 Å². The molecule has 0 aliphatic heterocycles. The lowest BCUT2D eigenvalue weighted by Crippen LogP contribution is -2.10. The van der Waals surface area contributed by atoms with Crippen molar-refractivity contribution in [2.45, 2.75) is 11.8 Å². The lowest BCUT2D eigenvalue weighted by molar-refractivity contribution is 0.291. The Balaban J connectivity index is 1.96. The molecule has 0 fully saturated rings. The molecule has 0 unspecified atom stereocenters. The largest absolute Gasteiger partial charge is 0.472 e. The Kier molecular flexibility index (Phi) is 7.28. The van der Waals surface area contributed by atoms with Gasteiger partial charge in [-0.25, -0.2) is 22.2 Å². The lowest BCUT2D eigenvalue weighted by Gasteiger charge is -2.17. The zero-order chi connectivity index (χ0) is 25.3. The molecule has 0 spiro atoms. The van der Waals surface area contributed by atoms with Crippen molar-refractivity contribution < 1.29 is 21.9 Å². The van der Waals surface area contributed by atoms with Gasteiger partial charge in [-0.05, 0) is 53.6 Å². The van der Waals surface area contributed by atoms with E-state index >= 15 is 0 Å². The van der Waals surface area contributed by atoms with Gasteiger partial charge in [0.2, 0.25) is 15.7 Å². The second-order valence-corrected chi connectivity index (χ2v) is 10.7. The fourth-order valence-corrected chi connectivity index (χ4v) is 4.35. The molecule has 0 amide bonds. The molecule has 4 rings (SSSR count). The smallest absolute Gasteiger partial charge is 0.250 e. The number of aromatic nitrogens is 2. The first-order valence-electron chi connectivity index (χ1n) is 9.93. The summed E-state index contributed by atoms with van der Waals surface area (Å²) >= 11 is 18.5. The van der Waals surface area contributed by atoms with Gasteiger partial charge in [0.15, 0.2) is 11.6 Å². The Morgan fingerprint density at radius 1 is 0.857 bits per heavy atom. The van der Waals surface area contributed by atoms with E-state index in [9.17, 15) is 17.2 Å². The van der Waals surface area contributed by atoms with Crippen LogP contribution in [0, 0.1) is 11.6 Å². The van der Waals surface area contributed by atoms with Gasteiger partial charge >= 0.3 is 0 Å². The molecule has 35 heavy (non-hydrogen) atoms. The van der Waals surface area contributed by atoms with Crippen molar-refractivity contribution in [3.8, 4) is 28.3 Å². The molecular weight excluding hydrogens is 541 g/mol. The number of rotatable bonds is 6. The molecule has 0 bridgehead atoms. The third-order valence-electron chi connectivity index (χ3n) is 4.87. The summed E-state index contributed by atoms with van der Waals surface area (Å²) in [5.74, 6) is -2.15. The summed E-state index contributed by atoms with van der Waals surface area (Å²) in [6.45, 7) is -0.230. The summed E-state index contributed by atoms with van der Waals surface area (Å²) in [7, 11) is -3.88. The molecule has 0 N–H and O–H groups in total. The van der Waals surface area contributed by atoms with Crippen LogP contribution in [-0.4, -0.2) is 24.6 Å². The van der Waals surface area contributed by atoms with E-state index < -0.39 is 26.6 Å². The topological polar surface area (TPSA) is 69.2 Å². The van der Waals surface area contributed by atoms with E-state index in [-0.39, 0.29) is 23.2 Å². The molecular formula is C24H15Cl3F2N2O3S. The highest BCUT2D eigenvalue weighted by Crippen LogP contribution is 2.41. The van der Waals surface area contributed by atoms with E-state index in [4.69, 9.17) is 39.5 Å². The Morgan fingerprint density at radius 2 is 1.54 bits per heavy atom. The summed E-state index contributed by atoms with van der Waals surface area (Å²) < 4.78 is 57.7. The normalized spacial score (nSPS) is 11.5. The van der Waals surface area contributed by atoms with Gasteiger partial charge in [0.25, 0.3) is 5.16 Å². The molecule has 1 aromatic heterocycles. The second-order valence-electron chi connectivity index (χ2n) is 7.48. The van der Waals surface area contributed by atoms with Crippen LogP contribution < -0.4 is 4.74 Å². The van der Waals surface area contributed by atoms with Crippen LogP contribution in [0.2, 0.25) is 15.1 Å². The zero-order valence-electron chi connectivity index (χ0n) is 17.9. The first-order chi connectivity index (χ1) is 16.5. The highest BCUT2D eigenvalue weighted by Gasteiger charge is 2.24. The molecule has 4 aromatic rings. The maximum Gasteiger partial charge on any atom is 0.250 e. The third-order valence-corrected chi connectivity index (χ3v) is 6.51. The van der Waals surface area contributed by atoms with Crippen molar-refractivity contribution in [2.24, 2.45) is 0 Å². The van der Waals surface area contributed by atoms with Gasteiger partial charge in [-0.15, -0.1) is 0 Å². The molecule has 0 atom stereocenters. The monoisotopic (exact) mass is 554 g/mol.